The third kappa shape index (κ3) is 2.49. The van der Waals surface area contributed by atoms with Crippen molar-refractivity contribution in [3.63, 3.8) is 0 Å². The Kier molecular flexibility index (Phi) is 3.90. The lowest BCUT2D eigenvalue weighted by Gasteiger charge is -2.05. The van der Waals surface area contributed by atoms with E-state index < -0.39 is 33.6 Å². The Morgan fingerprint density at radius 1 is 1.40 bits per heavy atom. The van der Waals surface area contributed by atoms with E-state index >= 15 is 0 Å². The van der Waals surface area contributed by atoms with Gasteiger partial charge in [-0.25, -0.2) is 9.37 Å². The number of carbonyl (C=O) groups is 1. The first-order valence-electron chi connectivity index (χ1n) is 6.59. The van der Waals surface area contributed by atoms with Crippen LogP contribution in [0.2, 0.25) is 5.02 Å². The van der Waals surface area contributed by atoms with Gasteiger partial charge in [-0.2, -0.15) is 9.65 Å². The molecule has 1 N–H and O–H groups in total. The molecule has 0 unspecified atom stereocenters. The second-order valence-corrected chi connectivity index (χ2v) is 5.24. The molecule has 0 bridgehead atoms. The van der Waals surface area contributed by atoms with Gasteiger partial charge in [0.2, 0.25) is 11.6 Å². The van der Waals surface area contributed by atoms with Crippen molar-refractivity contribution in [3.8, 4) is 6.07 Å². The molecule has 0 radical (unpaired) electrons. The number of H-pyrrole nitrogens is 1. The maximum absolute atomic E-state index is 14.3. The fourth-order valence-electron chi connectivity index (χ4n) is 2.34. The molecule has 1 aromatic carbocycles. The second-order valence-electron chi connectivity index (χ2n) is 4.87. The minimum atomic E-state index is -1.59. The Labute approximate surface area is 142 Å². The molecule has 0 aliphatic heterocycles. The van der Waals surface area contributed by atoms with Crippen LogP contribution in [0, 0.1) is 33.1 Å². The number of carbonyl (C=O) groups excluding carboxylic acids is 1. The molecule has 0 saturated carbocycles. The highest BCUT2D eigenvalue weighted by Crippen LogP contribution is 2.32. The minimum absolute atomic E-state index is 0.00368. The van der Waals surface area contributed by atoms with Gasteiger partial charge in [0.05, 0.1) is 21.1 Å². The smallest absolute Gasteiger partial charge is 0.305 e. The normalized spacial score (nSPS) is 10.6. The topological polar surface area (TPSA) is 113 Å². The molecule has 0 fully saturated rings. The average molecular weight is 363 g/mol. The summed E-state index contributed by atoms with van der Waals surface area (Å²) in [7, 11) is 0. The van der Waals surface area contributed by atoms with E-state index in [0.717, 1.165) is 6.20 Å². The molecule has 25 heavy (non-hydrogen) atoms. The van der Waals surface area contributed by atoms with Crippen molar-refractivity contribution in [2.75, 3.05) is 0 Å². The lowest BCUT2D eigenvalue weighted by atomic mass is 10.0. The molecule has 124 valence electrons. The first kappa shape index (κ1) is 16.5. The van der Waals surface area contributed by atoms with Gasteiger partial charge in [0, 0.05) is 23.8 Å². The molecule has 0 amide bonds. The molecule has 3 aromatic rings. The maximum Gasteiger partial charge on any atom is 0.305 e. The summed E-state index contributed by atoms with van der Waals surface area (Å²) in [6.45, 7) is 0. The SMILES string of the molecule is N#Cc1cnc2[nH]cc(C(=O)c3c(F)ccc([N+](=O)[O-])c3F)c2c1Cl. The molecular formula is C15H5ClF2N4O3. The van der Waals surface area contributed by atoms with E-state index in [1.807, 2.05) is 0 Å². The summed E-state index contributed by atoms with van der Waals surface area (Å²) in [4.78, 5) is 28.8. The fraction of sp³-hybridized carbons (Fsp3) is 0. The number of aromatic nitrogens is 2. The van der Waals surface area contributed by atoms with Gasteiger partial charge in [-0.3, -0.25) is 14.9 Å². The van der Waals surface area contributed by atoms with Gasteiger partial charge in [-0.1, -0.05) is 11.6 Å². The standard InChI is InChI=1S/C15H5ClF2N4O3/c16-12-6(3-19)4-20-15-10(12)7(5-21-15)14(23)11-8(17)1-2-9(13(11)18)22(24)25/h1-2,4-5H,(H,20,21). The van der Waals surface area contributed by atoms with Crippen molar-refractivity contribution in [2.45, 2.75) is 0 Å². The van der Waals surface area contributed by atoms with E-state index in [1.54, 1.807) is 6.07 Å². The van der Waals surface area contributed by atoms with Crippen LogP contribution in [0.15, 0.2) is 24.5 Å². The van der Waals surface area contributed by atoms with Crippen molar-refractivity contribution in [3.05, 3.63) is 68.0 Å². The molecule has 0 aliphatic rings. The third-order valence-corrected chi connectivity index (χ3v) is 3.89. The number of pyridine rings is 1. The van der Waals surface area contributed by atoms with Crippen molar-refractivity contribution >= 4 is 34.1 Å². The highest BCUT2D eigenvalue weighted by molar-refractivity contribution is 6.38. The van der Waals surface area contributed by atoms with Gasteiger partial charge < -0.3 is 4.98 Å². The van der Waals surface area contributed by atoms with Crippen molar-refractivity contribution in [1.29, 1.82) is 5.26 Å². The highest BCUT2D eigenvalue weighted by Gasteiger charge is 2.29. The van der Waals surface area contributed by atoms with Crippen LogP contribution in [-0.2, 0) is 0 Å². The van der Waals surface area contributed by atoms with Crippen LogP contribution in [0.3, 0.4) is 0 Å². The first-order chi connectivity index (χ1) is 11.9. The van der Waals surface area contributed by atoms with E-state index in [-0.39, 0.29) is 27.2 Å². The van der Waals surface area contributed by atoms with Crippen LogP contribution in [0.1, 0.15) is 21.5 Å². The van der Waals surface area contributed by atoms with Crippen LogP contribution in [0.5, 0.6) is 0 Å². The van der Waals surface area contributed by atoms with Crippen molar-refractivity contribution in [2.24, 2.45) is 0 Å². The van der Waals surface area contributed by atoms with Crippen LogP contribution in [0.4, 0.5) is 14.5 Å². The fourth-order valence-corrected chi connectivity index (χ4v) is 2.62. The van der Waals surface area contributed by atoms with Gasteiger partial charge in [0.1, 0.15) is 23.1 Å². The number of aromatic amines is 1. The Hall–Kier alpha value is -3.38. The quantitative estimate of drug-likeness (QED) is 0.435. The van der Waals surface area contributed by atoms with Crippen LogP contribution < -0.4 is 0 Å². The minimum Gasteiger partial charge on any atom is -0.345 e. The molecule has 7 nitrogen and oxygen atoms in total. The number of benzene rings is 1. The van der Waals surface area contributed by atoms with Crippen molar-refractivity contribution < 1.29 is 18.5 Å². The molecule has 3 rings (SSSR count). The molecular weight excluding hydrogens is 358 g/mol. The number of nitro benzene ring substituents is 1. The lowest BCUT2D eigenvalue weighted by molar-refractivity contribution is -0.387. The molecule has 0 aliphatic carbocycles. The Balaban J connectivity index is 2.28. The predicted octanol–water partition coefficient (Wildman–Crippen LogP) is 3.51. The number of hydrogen-bond acceptors (Lipinski definition) is 5. The first-order valence-corrected chi connectivity index (χ1v) is 6.97. The van der Waals surface area contributed by atoms with Gasteiger partial charge in [0.25, 0.3) is 0 Å². The monoisotopic (exact) mass is 362 g/mol. The molecule has 2 heterocycles. The predicted molar refractivity (Wildman–Crippen MR) is 82.3 cm³/mol. The Bertz CT molecular complexity index is 1100. The number of nitrogens with zero attached hydrogens (tertiary/aromatic N) is 3. The van der Waals surface area contributed by atoms with E-state index in [9.17, 15) is 23.7 Å². The Morgan fingerprint density at radius 2 is 2.12 bits per heavy atom. The summed E-state index contributed by atoms with van der Waals surface area (Å²) >= 11 is 6.05. The number of fused-ring (bicyclic) bond motifs is 1. The van der Waals surface area contributed by atoms with E-state index in [1.165, 1.54) is 6.20 Å². The lowest BCUT2D eigenvalue weighted by Crippen LogP contribution is -2.09. The zero-order valence-corrected chi connectivity index (χ0v) is 12.8. The summed E-state index contributed by atoms with van der Waals surface area (Å²) in [5, 5.41) is 19.7. The van der Waals surface area contributed by atoms with Crippen LogP contribution >= 0.6 is 11.6 Å². The number of halogens is 3. The zero-order valence-electron chi connectivity index (χ0n) is 12.0. The van der Waals surface area contributed by atoms with Crippen LogP contribution in [-0.4, -0.2) is 20.7 Å². The number of nitrogens with one attached hydrogen (secondary N) is 1. The average Bonchev–Trinajstić information content (AvgIpc) is 2.99. The van der Waals surface area contributed by atoms with Gasteiger partial charge in [-0.05, 0) is 6.07 Å². The summed E-state index contributed by atoms with van der Waals surface area (Å²) in [5.74, 6) is -4.02. The Morgan fingerprint density at radius 3 is 2.76 bits per heavy atom. The molecule has 0 spiro atoms. The largest absolute Gasteiger partial charge is 0.345 e. The molecule has 2 aromatic heterocycles. The molecule has 10 heteroatoms. The van der Waals surface area contributed by atoms with E-state index in [4.69, 9.17) is 16.9 Å². The van der Waals surface area contributed by atoms with Crippen LogP contribution in [0.25, 0.3) is 11.0 Å². The molecule has 0 atom stereocenters. The highest BCUT2D eigenvalue weighted by atomic mass is 35.5. The number of ketones is 1. The van der Waals surface area contributed by atoms with Gasteiger partial charge in [0.15, 0.2) is 0 Å². The van der Waals surface area contributed by atoms with Gasteiger partial charge >= 0.3 is 5.69 Å². The summed E-state index contributed by atoms with van der Waals surface area (Å²) < 4.78 is 28.2. The third-order valence-electron chi connectivity index (χ3n) is 3.50. The molecule has 0 saturated heterocycles. The van der Waals surface area contributed by atoms with Gasteiger partial charge in [-0.15, -0.1) is 0 Å². The summed E-state index contributed by atoms with van der Waals surface area (Å²) in [6, 6.07) is 3.03. The van der Waals surface area contributed by atoms with Crippen molar-refractivity contribution in [1.82, 2.24) is 9.97 Å². The maximum atomic E-state index is 14.3. The number of rotatable bonds is 3. The second kappa shape index (κ2) is 5.92. The summed E-state index contributed by atoms with van der Waals surface area (Å²) in [6.07, 6.45) is 2.29. The summed E-state index contributed by atoms with van der Waals surface area (Å²) in [5.41, 5.74) is -2.30. The zero-order chi connectivity index (χ0) is 18.3. The number of nitriles is 1. The van der Waals surface area contributed by atoms with E-state index in [2.05, 4.69) is 9.97 Å². The van der Waals surface area contributed by atoms with E-state index in [0.29, 0.717) is 12.1 Å². The number of hydrogen-bond donors (Lipinski definition) is 1. The number of nitro groups is 1.